The average molecular weight is 456 g/mol. The Hall–Kier alpha value is -3.58. The number of amides is 1. The van der Waals surface area contributed by atoms with Gasteiger partial charge >= 0.3 is 0 Å². The lowest BCUT2D eigenvalue weighted by Crippen LogP contribution is -2.25. The van der Waals surface area contributed by atoms with Crippen molar-refractivity contribution >= 4 is 29.4 Å². The van der Waals surface area contributed by atoms with E-state index < -0.39 is 5.82 Å². The summed E-state index contributed by atoms with van der Waals surface area (Å²) in [7, 11) is 0. The van der Waals surface area contributed by atoms with E-state index >= 15 is 0 Å². The predicted octanol–water partition coefficient (Wildman–Crippen LogP) is 5.02. The van der Waals surface area contributed by atoms with Gasteiger partial charge in [0.1, 0.15) is 12.4 Å². The van der Waals surface area contributed by atoms with Gasteiger partial charge in [0.2, 0.25) is 0 Å². The third kappa shape index (κ3) is 6.72. The normalized spacial score (nSPS) is 10.7. The van der Waals surface area contributed by atoms with Crippen LogP contribution in [-0.4, -0.2) is 25.3 Å². The second-order valence-electron chi connectivity index (χ2n) is 6.64. The number of hydrazone groups is 1. The first kappa shape index (κ1) is 23.1. The van der Waals surface area contributed by atoms with Gasteiger partial charge in [0.25, 0.3) is 5.91 Å². The highest BCUT2D eigenvalue weighted by Gasteiger charge is 2.11. The first-order valence-corrected chi connectivity index (χ1v) is 10.4. The Bertz CT molecular complexity index is 1060. The Morgan fingerprint density at radius 1 is 1.06 bits per heavy atom. The summed E-state index contributed by atoms with van der Waals surface area (Å²) in [4.78, 5) is 11.9. The number of nitrogens with one attached hydrogen (secondary N) is 2. The molecule has 3 aromatic carbocycles. The van der Waals surface area contributed by atoms with Gasteiger partial charge in [0, 0.05) is 11.3 Å². The zero-order chi connectivity index (χ0) is 22.8. The zero-order valence-corrected chi connectivity index (χ0v) is 18.2. The fourth-order valence-electron chi connectivity index (χ4n) is 2.77. The molecule has 32 heavy (non-hydrogen) atoms. The molecule has 0 spiro atoms. The lowest BCUT2D eigenvalue weighted by molar-refractivity contribution is -0.119. The molecule has 0 saturated heterocycles. The van der Waals surface area contributed by atoms with E-state index in [2.05, 4.69) is 15.8 Å². The van der Waals surface area contributed by atoms with E-state index in [-0.39, 0.29) is 24.6 Å². The highest BCUT2D eigenvalue weighted by molar-refractivity contribution is 6.31. The molecule has 166 valence electrons. The smallest absolute Gasteiger partial charge is 0.259 e. The molecule has 0 unspecified atom stereocenters. The van der Waals surface area contributed by atoms with Crippen LogP contribution in [0, 0.1) is 5.82 Å². The topological polar surface area (TPSA) is 72.0 Å². The van der Waals surface area contributed by atoms with Gasteiger partial charge in [-0.25, -0.2) is 9.82 Å². The molecule has 0 radical (unpaired) electrons. The molecular weight excluding hydrogens is 433 g/mol. The Morgan fingerprint density at radius 3 is 2.62 bits per heavy atom. The number of carbonyl (C=O) groups excluding carboxylic acids is 1. The van der Waals surface area contributed by atoms with Gasteiger partial charge in [-0.05, 0) is 55.0 Å². The first-order valence-electron chi connectivity index (χ1n) is 10.00. The fourth-order valence-corrected chi connectivity index (χ4v) is 2.99. The minimum atomic E-state index is -0.434. The number of ether oxygens (including phenoxy) is 2. The summed E-state index contributed by atoms with van der Waals surface area (Å²) in [5.74, 6) is 0.203. The van der Waals surface area contributed by atoms with E-state index in [1.165, 1.54) is 18.3 Å². The van der Waals surface area contributed by atoms with E-state index in [9.17, 15) is 9.18 Å². The van der Waals surface area contributed by atoms with Crippen LogP contribution in [0.1, 0.15) is 18.1 Å². The van der Waals surface area contributed by atoms with Crippen molar-refractivity contribution in [2.75, 3.05) is 18.5 Å². The standard InChI is InChI=1S/C24H23ClFN3O3/c1-2-31-23-13-17(14-28-29-24(30)15-27-18-7-4-3-5-8-18)11-12-22(23)32-16-19-20(25)9-6-10-21(19)26/h3-14,27H,2,15-16H2,1H3,(H,29,30)/b28-14+. The molecule has 3 rings (SSSR count). The zero-order valence-electron chi connectivity index (χ0n) is 17.5. The summed E-state index contributed by atoms with van der Waals surface area (Å²) in [5.41, 5.74) is 4.28. The maximum atomic E-state index is 14.0. The second kappa shape index (κ2) is 11.7. The van der Waals surface area contributed by atoms with Crippen LogP contribution in [-0.2, 0) is 11.4 Å². The first-order chi connectivity index (χ1) is 15.6. The molecule has 0 saturated carbocycles. The Labute approximate surface area is 191 Å². The quantitative estimate of drug-likeness (QED) is 0.332. The molecule has 0 aliphatic rings. The molecule has 0 aliphatic carbocycles. The molecule has 0 aliphatic heterocycles. The molecule has 3 aromatic rings. The van der Waals surface area contributed by atoms with Crippen molar-refractivity contribution in [1.82, 2.24) is 5.43 Å². The maximum Gasteiger partial charge on any atom is 0.259 e. The molecular formula is C24H23ClFN3O3. The van der Waals surface area contributed by atoms with Crippen molar-refractivity contribution in [2.45, 2.75) is 13.5 Å². The van der Waals surface area contributed by atoms with Gasteiger partial charge in [-0.15, -0.1) is 0 Å². The van der Waals surface area contributed by atoms with Crippen LogP contribution >= 0.6 is 11.6 Å². The van der Waals surface area contributed by atoms with Gasteiger partial charge < -0.3 is 14.8 Å². The van der Waals surface area contributed by atoms with E-state index in [1.807, 2.05) is 37.3 Å². The average Bonchev–Trinajstić information content (AvgIpc) is 2.79. The van der Waals surface area contributed by atoms with Gasteiger partial charge in [0.05, 0.1) is 24.4 Å². The number of para-hydroxylation sites is 1. The Morgan fingerprint density at radius 2 is 1.88 bits per heavy atom. The Kier molecular flexibility index (Phi) is 8.45. The minimum Gasteiger partial charge on any atom is -0.490 e. The molecule has 6 nitrogen and oxygen atoms in total. The molecule has 1 amide bonds. The second-order valence-corrected chi connectivity index (χ2v) is 7.05. The molecule has 0 bridgehead atoms. The monoisotopic (exact) mass is 455 g/mol. The summed E-state index contributed by atoms with van der Waals surface area (Å²) in [5, 5.41) is 7.27. The minimum absolute atomic E-state index is 0.0382. The van der Waals surface area contributed by atoms with Crippen LogP contribution in [0.2, 0.25) is 5.02 Å². The van der Waals surface area contributed by atoms with Crippen molar-refractivity contribution in [3.63, 3.8) is 0 Å². The largest absolute Gasteiger partial charge is 0.490 e. The van der Waals surface area contributed by atoms with Crippen molar-refractivity contribution in [3.8, 4) is 11.5 Å². The molecule has 0 heterocycles. The highest BCUT2D eigenvalue weighted by atomic mass is 35.5. The molecule has 0 fully saturated rings. The van der Waals surface area contributed by atoms with Gasteiger partial charge in [-0.2, -0.15) is 5.10 Å². The van der Waals surface area contributed by atoms with E-state index in [0.29, 0.717) is 28.7 Å². The lowest BCUT2D eigenvalue weighted by Gasteiger charge is -2.13. The lowest BCUT2D eigenvalue weighted by atomic mass is 10.2. The summed E-state index contributed by atoms with van der Waals surface area (Å²) in [6.45, 7) is 2.32. The third-order valence-electron chi connectivity index (χ3n) is 4.33. The Balaban J connectivity index is 1.59. The maximum absolute atomic E-state index is 14.0. The predicted molar refractivity (Wildman–Crippen MR) is 124 cm³/mol. The highest BCUT2D eigenvalue weighted by Crippen LogP contribution is 2.30. The van der Waals surface area contributed by atoms with Crippen molar-refractivity contribution in [3.05, 3.63) is 88.7 Å². The van der Waals surface area contributed by atoms with Crippen LogP contribution in [0.3, 0.4) is 0 Å². The number of hydrogen-bond acceptors (Lipinski definition) is 5. The SMILES string of the molecule is CCOc1cc(/C=N/NC(=O)CNc2ccccc2)ccc1OCc1c(F)cccc1Cl. The van der Waals surface area contributed by atoms with Crippen molar-refractivity contribution in [1.29, 1.82) is 0 Å². The molecule has 0 atom stereocenters. The fraction of sp³-hybridized carbons (Fsp3) is 0.167. The van der Waals surface area contributed by atoms with E-state index in [0.717, 1.165) is 5.69 Å². The molecule has 2 N–H and O–H groups in total. The summed E-state index contributed by atoms with van der Waals surface area (Å²) >= 11 is 6.05. The van der Waals surface area contributed by atoms with Gasteiger partial charge in [-0.1, -0.05) is 35.9 Å². The van der Waals surface area contributed by atoms with E-state index in [4.69, 9.17) is 21.1 Å². The third-order valence-corrected chi connectivity index (χ3v) is 4.69. The summed E-state index contributed by atoms with van der Waals surface area (Å²) in [6.07, 6.45) is 1.50. The van der Waals surface area contributed by atoms with Crippen LogP contribution in [0.5, 0.6) is 11.5 Å². The number of hydrogen-bond donors (Lipinski definition) is 2. The summed E-state index contributed by atoms with van der Waals surface area (Å²) in [6, 6.07) is 19.0. The van der Waals surface area contributed by atoms with E-state index in [1.54, 1.807) is 24.3 Å². The number of anilines is 1. The van der Waals surface area contributed by atoms with Gasteiger partial charge in [0.15, 0.2) is 11.5 Å². The number of carbonyl (C=O) groups is 1. The van der Waals surface area contributed by atoms with Crippen LogP contribution in [0.25, 0.3) is 0 Å². The van der Waals surface area contributed by atoms with Crippen LogP contribution in [0.4, 0.5) is 10.1 Å². The number of benzene rings is 3. The molecule has 8 heteroatoms. The van der Waals surface area contributed by atoms with Crippen LogP contribution < -0.4 is 20.2 Å². The van der Waals surface area contributed by atoms with Crippen LogP contribution in [0.15, 0.2) is 71.8 Å². The van der Waals surface area contributed by atoms with Crippen molar-refractivity contribution < 1.29 is 18.7 Å². The van der Waals surface area contributed by atoms with Gasteiger partial charge in [-0.3, -0.25) is 4.79 Å². The number of halogens is 2. The number of nitrogens with zero attached hydrogens (tertiary/aromatic N) is 1. The summed E-state index contributed by atoms with van der Waals surface area (Å²) < 4.78 is 25.3. The number of rotatable bonds is 10. The molecule has 0 aromatic heterocycles. The van der Waals surface area contributed by atoms with Crippen molar-refractivity contribution in [2.24, 2.45) is 5.10 Å².